The molecule has 0 aliphatic carbocycles. The topological polar surface area (TPSA) is 26.3 Å². The standard InChI is InChI=1S/C25H47FO2/c1-5-6-7-8-9-10-11-12-13-14-17-20-25(4,28-24(27)23(2)3)21-18-15-16-19-22-26/h2,5-22H2,1,3-4H3. The zero-order valence-electron chi connectivity index (χ0n) is 19.1. The first-order valence-corrected chi connectivity index (χ1v) is 11.9. The van der Waals surface area contributed by atoms with E-state index in [0.29, 0.717) is 12.0 Å². The lowest BCUT2D eigenvalue weighted by Gasteiger charge is -2.30. The number of hydrogen-bond acceptors (Lipinski definition) is 2. The molecule has 0 spiro atoms. The van der Waals surface area contributed by atoms with E-state index in [4.69, 9.17) is 4.74 Å². The molecular weight excluding hydrogens is 351 g/mol. The van der Waals surface area contributed by atoms with Crippen LogP contribution in [0.4, 0.5) is 4.39 Å². The van der Waals surface area contributed by atoms with Crippen LogP contribution < -0.4 is 0 Å². The number of carbonyl (C=O) groups excluding carboxylic acids is 1. The van der Waals surface area contributed by atoms with Gasteiger partial charge in [0.15, 0.2) is 0 Å². The molecule has 0 bridgehead atoms. The monoisotopic (exact) mass is 398 g/mol. The Morgan fingerprint density at radius 2 is 1.18 bits per heavy atom. The van der Waals surface area contributed by atoms with Crippen LogP contribution in [0.1, 0.15) is 130 Å². The highest BCUT2D eigenvalue weighted by Gasteiger charge is 2.28. The van der Waals surface area contributed by atoms with E-state index in [2.05, 4.69) is 20.4 Å². The Morgan fingerprint density at radius 1 is 0.786 bits per heavy atom. The summed E-state index contributed by atoms with van der Waals surface area (Å²) in [5.41, 5.74) is 0.0491. The van der Waals surface area contributed by atoms with Gasteiger partial charge < -0.3 is 4.74 Å². The molecule has 3 heteroatoms. The van der Waals surface area contributed by atoms with E-state index in [-0.39, 0.29) is 12.6 Å². The predicted octanol–water partition coefficient (Wildman–Crippen LogP) is 8.49. The highest BCUT2D eigenvalue weighted by atomic mass is 19.1. The van der Waals surface area contributed by atoms with Crippen molar-refractivity contribution in [1.29, 1.82) is 0 Å². The van der Waals surface area contributed by atoms with Gasteiger partial charge in [-0.05, 0) is 46.0 Å². The van der Waals surface area contributed by atoms with Gasteiger partial charge in [-0.1, -0.05) is 90.6 Å². The number of ether oxygens (including phenoxy) is 1. The second kappa shape index (κ2) is 18.2. The van der Waals surface area contributed by atoms with Crippen LogP contribution in [-0.4, -0.2) is 18.2 Å². The minimum atomic E-state index is -0.412. The smallest absolute Gasteiger partial charge is 0.333 e. The van der Waals surface area contributed by atoms with Crippen LogP contribution in [0.25, 0.3) is 0 Å². The lowest BCUT2D eigenvalue weighted by atomic mass is 9.91. The molecule has 1 atom stereocenters. The molecule has 0 aliphatic rings. The van der Waals surface area contributed by atoms with Gasteiger partial charge >= 0.3 is 5.97 Å². The molecule has 0 saturated heterocycles. The highest BCUT2D eigenvalue weighted by Crippen LogP contribution is 2.28. The number of unbranched alkanes of at least 4 members (excludes halogenated alkanes) is 13. The molecule has 0 saturated carbocycles. The van der Waals surface area contributed by atoms with Gasteiger partial charge in [0.25, 0.3) is 0 Å². The maximum absolute atomic E-state index is 12.2. The van der Waals surface area contributed by atoms with E-state index in [1.54, 1.807) is 6.92 Å². The van der Waals surface area contributed by atoms with Gasteiger partial charge in [0.1, 0.15) is 5.60 Å². The van der Waals surface area contributed by atoms with Crippen molar-refractivity contribution in [3.63, 3.8) is 0 Å². The van der Waals surface area contributed by atoms with Gasteiger partial charge in [-0.3, -0.25) is 4.39 Å². The van der Waals surface area contributed by atoms with Gasteiger partial charge in [-0.25, -0.2) is 4.79 Å². The molecule has 0 heterocycles. The molecule has 0 aromatic heterocycles. The summed E-state index contributed by atoms with van der Waals surface area (Å²) in [7, 11) is 0. The van der Waals surface area contributed by atoms with Crippen LogP contribution in [-0.2, 0) is 9.53 Å². The van der Waals surface area contributed by atoms with E-state index < -0.39 is 5.60 Å². The quantitative estimate of drug-likeness (QED) is 0.117. The van der Waals surface area contributed by atoms with Gasteiger partial charge in [-0.15, -0.1) is 0 Å². The lowest BCUT2D eigenvalue weighted by molar-refractivity contribution is -0.154. The van der Waals surface area contributed by atoms with Crippen molar-refractivity contribution in [2.45, 2.75) is 136 Å². The first kappa shape index (κ1) is 27.1. The van der Waals surface area contributed by atoms with E-state index >= 15 is 0 Å². The van der Waals surface area contributed by atoms with E-state index in [1.165, 1.54) is 64.2 Å². The summed E-state index contributed by atoms with van der Waals surface area (Å²) >= 11 is 0. The van der Waals surface area contributed by atoms with Crippen LogP contribution in [0.3, 0.4) is 0 Å². The Morgan fingerprint density at radius 3 is 1.57 bits per heavy atom. The molecule has 0 aromatic rings. The molecule has 0 aliphatic heterocycles. The van der Waals surface area contributed by atoms with Crippen molar-refractivity contribution in [1.82, 2.24) is 0 Å². The number of rotatable bonds is 20. The molecule has 1 unspecified atom stereocenters. The third kappa shape index (κ3) is 16.1. The zero-order chi connectivity index (χ0) is 21.1. The van der Waals surface area contributed by atoms with Crippen LogP contribution in [0.2, 0.25) is 0 Å². The molecular formula is C25H47FO2. The molecule has 0 radical (unpaired) electrons. The van der Waals surface area contributed by atoms with Gasteiger partial charge in [0, 0.05) is 5.57 Å². The summed E-state index contributed by atoms with van der Waals surface area (Å²) in [4.78, 5) is 12.0. The summed E-state index contributed by atoms with van der Waals surface area (Å²) in [6.07, 6.45) is 19.8. The van der Waals surface area contributed by atoms with Gasteiger partial charge in [-0.2, -0.15) is 0 Å². The predicted molar refractivity (Wildman–Crippen MR) is 119 cm³/mol. The maximum Gasteiger partial charge on any atom is 0.333 e. The normalized spacial score (nSPS) is 13.3. The summed E-state index contributed by atoms with van der Waals surface area (Å²) in [6.45, 7) is 9.49. The summed E-state index contributed by atoms with van der Waals surface area (Å²) in [5, 5.41) is 0. The largest absolute Gasteiger partial charge is 0.456 e. The average Bonchev–Trinajstić information content (AvgIpc) is 2.66. The zero-order valence-corrected chi connectivity index (χ0v) is 19.1. The molecule has 0 rings (SSSR count). The number of hydrogen-bond donors (Lipinski definition) is 0. The minimum Gasteiger partial charge on any atom is -0.456 e. The minimum absolute atomic E-state index is 0.235. The van der Waals surface area contributed by atoms with Crippen molar-refractivity contribution in [3.8, 4) is 0 Å². The molecule has 166 valence electrons. The van der Waals surface area contributed by atoms with Gasteiger partial charge in [0.2, 0.25) is 0 Å². The Kier molecular flexibility index (Phi) is 17.6. The first-order chi connectivity index (χ1) is 13.4. The molecule has 0 aromatic carbocycles. The number of halogens is 1. The molecule has 0 N–H and O–H groups in total. The van der Waals surface area contributed by atoms with Crippen molar-refractivity contribution in [3.05, 3.63) is 12.2 Å². The van der Waals surface area contributed by atoms with E-state index in [0.717, 1.165) is 38.5 Å². The van der Waals surface area contributed by atoms with Crippen molar-refractivity contribution >= 4 is 5.97 Å². The average molecular weight is 399 g/mol. The highest BCUT2D eigenvalue weighted by molar-refractivity contribution is 5.87. The number of esters is 1. The van der Waals surface area contributed by atoms with E-state index in [9.17, 15) is 9.18 Å². The summed E-state index contributed by atoms with van der Waals surface area (Å²) in [5.74, 6) is -0.283. The first-order valence-electron chi connectivity index (χ1n) is 11.9. The molecule has 2 nitrogen and oxygen atoms in total. The molecule has 0 amide bonds. The number of carbonyl (C=O) groups is 1. The lowest BCUT2D eigenvalue weighted by Crippen LogP contribution is -2.32. The van der Waals surface area contributed by atoms with Crippen molar-refractivity contribution < 1.29 is 13.9 Å². The number of alkyl halides is 1. The summed E-state index contributed by atoms with van der Waals surface area (Å²) in [6, 6.07) is 0. The maximum atomic E-state index is 12.2. The van der Waals surface area contributed by atoms with Crippen LogP contribution in [0.15, 0.2) is 12.2 Å². The molecule has 28 heavy (non-hydrogen) atoms. The molecule has 0 fully saturated rings. The van der Waals surface area contributed by atoms with E-state index in [1.807, 2.05) is 0 Å². The third-order valence-electron chi connectivity index (χ3n) is 5.59. The van der Waals surface area contributed by atoms with Crippen molar-refractivity contribution in [2.75, 3.05) is 6.67 Å². The van der Waals surface area contributed by atoms with Crippen molar-refractivity contribution in [2.24, 2.45) is 0 Å². The summed E-state index contributed by atoms with van der Waals surface area (Å²) < 4.78 is 18.0. The van der Waals surface area contributed by atoms with Gasteiger partial charge in [0.05, 0.1) is 6.67 Å². The SMILES string of the molecule is C=C(C)C(=O)OC(C)(CCCCCCF)CCCCCCCCCCCCC. The second-order valence-corrected chi connectivity index (χ2v) is 8.76. The Balaban J connectivity index is 3.99. The third-order valence-corrected chi connectivity index (χ3v) is 5.59. The van der Waals surface area contributed by atoms with Crippen LogP contribution >= 0.6 is 0 Å². The Bertz CT molecular complexity index is 394. The Labute approximate surface area is 174 Å². The Hall–Kier alpha value is -0.860. The fraction of sp³-hybridized carbons (Fsp3) is 0.880. The second-order valence-electron chi connectivity index (χ2n) is 8.76. The van der Waals surface area contributed by atoms with Crippen LogP contribution in [0, 0.1) is 0 Å². The fourth-order valence-electron chi connectivity index (χ4n) is 3.65. The fourth-order valence-corrected chi connectivity index (χ4v) is 3.65. The van der Waals surface area contributed by atoms with Crippen LogP contribution in [0.5, 0.6) is 0 Å².